The molecule has 1 heterocycles. The molecule has 0 aromatic carbocycles. The predicted octanol–water partition coefficient (Wildman–Crippen LogP) is 0.524. The van der Waals surface area contributed by atoms with Crippen molar-refractivity contribution in [2.45, 2.75) is 33.2 Å². The van der Waals surface area contributed by atoms with Crippen molar-refractivity contribution in [1.29, 1.82) is 0 Å². The van der Waals surface area contributed by atoms with E-state index < -0.39 is 5.97 Å². The van der Waals surface area contributed by atoms with Crippen molar-refractivity contribution in [3.63, 3.8) is 0 Å². The standard InChI is InChI=1S/C10H18N4O2/c1-3-7(2)6-14-8(4-5-11)9(10(15)16)12-13-14/h7H,3-6,11H2,1-2H3,(H,15,16). The van der Waals surface area contributed by atoms with E-state index in [1.807, 2.05) is 0 Å². The maximum Gasteiger partial charge on any atom is 0.358 e. The van der Waals surface area contributed by atoms with Crippen LogP contribution in [0.3, 0.4) is 0 Å². The Morgan fingerprint density at radius 3 is 2.81 bits per heavy atom. The smallest absolute Gasteiger partial charge is 0.358 e. The van der Waals surface area contributed by atoms with E-state index in [-0.39, 0.29) is 5.69 Å². The van der Waals surface area contributed by atoms with Crippen molar-refractivity contribution in [2.75, 3.05) is 6.54 Å². The van der Waals surface area contributed by atoms with Crippen LogP contribution in [-0.2, 0) is 13.0 Å². The van der Waals surface area contributed by atoms with Gasteiger partial charge in [-0.05, 0) is 12.5 Å². The second-order valence-corrected chi connectivity index (χ2v) is 3.92. The summed E-state index contributed by atoms with van der Waals surface area (Å²) in [6.07, 6.45) is 1.51. The topological polar surface area (TPSA) is 94.0 Å². The number of carbonyl (C=O) groups is 1. The molecule has 0 aliphatic heterocycles. The Bertz CT molecular complexity index is 362. The Balaban J connectivity index is 2.95. The fraction of sp³-hybridized carbons (Fsp3) is 0.700. The lowest BCUT2D eigenvalue weighted by atomic mass is 10.1. The van der Waals surface area contributed by atoms with E-state index in [9.17, 15) is 4.79 Å². The maximum atomic E-state index is 10.9. The molecule has 0 saturated carbocycles. The van der Waals surface area contributed by atoms with E-state index in [1.54, 1.807) is 4.68 Å². The molecular weight excluding hydrogens is 208 g/mol. The number of carboxylic acids is 1. The Morgan fingerprint density at radius 2 is 2.31 bits per heavy atom. The minimum Gasteiger partial charge on any atom is -0.476 e. The molecule has 0 saturated heterocycles. The third kappa shape index (κ3) is 2.79. The van der Waals surface area contributed by atoms with Gasteiger partial charge in [-0.2, -0.15) is 0 Å². The van der Waals surface area contributed by atoms with Gasteiger partial charge in [0.1, 0.15) is 0 Å². The monoisotopic (exact) mass is 226 g/mol. The molecular formula is C10H18N4O2. The lowest BCUT2D eigenvalue weighted by molar-refractivity contribution is 0.0689. The molecule has 3 N–H and O–H groups in total. The Hall–Kier alpha value is -1.43. The van der Waals surface area contributed by atoms with E-state index in [1.165, 1.54) is 0 Å². The first-order chi connectivity index (χ1) is 7.60. The van der Waals surface area contributed by atoms with Crippen molar-refractivity contribution in [3.8, 4) is 0 Å². The zero-order valence-electron chi connectivity index (χ0n) is 9.68. The highest BCUT2D eigenvalue weighted by atomic mass is 16.4. The number of nitrogens with two attached hydrogens (primary N) is 1. The fourth-order valence-corrected chi connectivity index (χ4v) is 1.45. The van der Waals surface area contributed by atoms with Gasteiger partial charge in [0.05, 0.1) is 5.69 Å². The molecule has 1 aromatic rings. The summed E-state index contributed by atoms with van der Waals surface area (Å²) >= 11 is 0. The molecule has 6 heteroatoms. The van der Waals surface area contributed by atoms with Crippen molar-refractivity contribution < 1.29 is 9.90 Å². The van der Waals surface area contributed by atoms with Crippen LogP contribution in [0.15, 0.2) is 0 Å². The number of hydrogen-bond donors (Lipinski definition) is 2. The van der Waals surface area contributed by atoms with E-state index >= 15 is 0 Å². The van der Waals surface area contributed by atoms with Gasteiger partial charge in [-0.15, -0.1) is 5.10 Å². The van der Waals surface area contributed by atoms with Crippen molar-refractivity contribution >= 4 is 5.97 Å². The first-order valence-corrected chi connectivity index (χ1v) is 5.45. The third-order valence-electron chi connectivity index (χ3n) is 2.60. The van der Waals surface area contributed by atoms with Crippen LogP contribution in [0.25, 0.3) is 0 Å². The first-order valence-electron chi connectivity index (χ1n) is 5.45. The predicted molar refractivity (Wildman–Crippen MR) is 59.2 cm³/mol. The largest absolute Gasteiger partial charge is 0.476 e. The number of aromatic carboxylic acids is 1. The number of carboxylic acid groups (broad SMARTS) is 1. The van der Waals surface area contributed by atoms with Crippen LogP contribution in [0, 0.1) is 5.92 Å². The Morgan fingerprint density at radius 1 is 1.62 bits per heavy atom. The molecule has 0 bridgehead atoms. The molecule has 0 fully saturated rings. The average molecular weight is 226 g/mol. The Labute approximate surface area is 94.4 Å². The summed E-state index contributed by atoms with van der Waals surface area (Å²) in [6, 6.07) is 0. The quantitative estimate of drug-likeness (QED) is 0.737. The van der Waals surface area contributed by atoms with Crippen molar-refractivity contribution in [2.24, 2.45) is 11.7 Å². The van der Waals surface area contributed by atoms with Crippen LogP contribution in [0.4, 0.5) is 0 Å². The minimum absolute atomic E-state index is 0.0220. The summed E-state index contributed by atoms with van der Waals surface area (Å²) in [7, 11) is 0. The van der Waals surface area contributed by atoms with E-state index in [0.29, 0.717) is 31.1 Å². The number of rotatable bonds is 6. The van der Waals surface area contributed by atoms with Gasteiger partial charge in [-0.3, -0.25) is 0 Å². The Kier molecular flexibility index (Phi) is 4.42. The van der Waals surface area contributed by atoms with E-state index in [2.05, 4.69) is 24.2 Å². The lowest BCUT2D eigenvalue weighted by Gasteiger charge is -2.10. The van der Waals surface area contributed by atoms with Crippen LogP contribution in [0.2, 0.25) is 0 Å². The number of nitrogens with zero attached hydrogens (tertiary/aromatic N) is 3. The molecule has 1 rings (SSSR count). The van der Waals surface area contributed by atoms with Crippen LogP contribution in [0.5, 0.6) is 0 Å². The molecule has 0 aliphatic carbocycles. The molecule has 0 radical (unpaired) electrons. The molecule has 1 aromatic heterocycles. The second kappa shape index (κ2) is 5.60. The highest BCUT2D eigenvalue weighted by Crippen LogP contribution is 2.10. The van der Waals surface area contributed by atoms with E-state index in [4.69, 9.17) is 10.8 Å². The van der Waals surface area contributed by atoms with Crippen LogP contribution < -0.4 is 5.73 Å². The summed E-state index contributed by atoms with van der Waals surface area (Å²) in [5, 5.41) is 16.5. The molecule has 1 atom stereocenters. The maximum absolute atomic E-state index is 10.9. The van der Waals surface area contributed by atoms with Crippen molar-refractivity contribution in [1.82, 2.24) is 15.0 Å². The number of hydrogen-bond acceptors (Lipinski definition) is 4. The molecule has 16 heavy (non-hydrogen) atoms. The summed E-state index contributed by atoms with van der Waals surface area (Å²) in [4.78, 5) is 10.9. The van der Waals surface area contributed by atoms with Crippen molar-refractivity contribution in [3.05, 3.63) is 11.4 Å². The summed E-state index contributed by atoms with van der Waals surface area (Å²) < 4.78 is 1.66. The van der Waals surface area contributed by atoms with Crippen LogP contribution in [-0.4, -0.2) is 32.6 Å². The fourth-order valence-electron chi connectivity index (χ4n) is 1.45. The van der Waals surface area contributed by atoms with Crippen LogP contribution in [0.1, 0.15) is 36.5 Å². The third-order valence-corrected chi connectivity index (χ3v) is 2.60. The zero-order chi connectivity index (χ0) is 12.1. The van der Waals surface area contributed by atoms with E-state index in [0.717, 1.165) is 6.42 Å². The minimum atomic E-state index is -1.04. The van der Waals surface area contributed by atoms with Gasteiger partial charge in [0.25, 0.3) is 0 Å². The summed E-state index contributed by atoms with van der Waals surface area (Å²) in [6.45, 7) is 5.26. The highest BCUT2D eigenvalue weighted by molar-refractivity contribution is 5.86. The molecule has 0 amide bonds. The highest BCUT2D eigenvalue weighted by Gasteiger charge is 2.18. The molecule has 0 spiro atoms. The van der Waals surface area contributed by atoms with Gasteiger partial charge in [0.2, 0.25) is 0 Å². The van der Waals surface area contributed by atoms with Crippen LogP contribution >= 0.6 is 0 Å². The SMILES string of the molecule is CCC(C)Cn1nnc(C(=O)O)c1CCN. The van der Waals surface area contributed by atoms with Gasteiger partial charge >= 0.3 is 5.97 Å². The lowest BCUT2D eigenvalue weighted by Crippen LogP contribution is -2.16. The molecule has 90 valence electrons. The van der Waals surface area contributed by atoms with Gasteiger partial charge in [-0.25, -0.2) is 9.48 Å². The summed E-state index contributed by atoms with van der Waals surface area (Å²) in [5.41, 5.74) is 6.10. The van der Waals surface area contributed by atoms with Gasteiger partial charge in [0.15, 0.2) is 5.69 Å². The number of aromatic nitrogens is 3. The first kappa shape index (κ1) is 12.6. The molecule has 1 unspecified atom stereocenters. The normalized spacial score (nSPS) is 12.7. The second-order valence-electron chi connectivity index (χ2n) is 3.92. The molecule has 0 aliphatic rings. The molecule has 6 nitrogen and oxygen atoms in total. The van der Waals surface area contributed by atoms with Gasteiger partial charge < -0.3 is 10.8 Å². The summed E-state index contributed by atoms with van der Waals surface area (Å²) in [5.74, 6) is -0.598. The zero-order valence-corrected chi connectivity index (χ0v) is 9.68. The van der Waals surface area contributed by atoms with Gasteiger partial charge in [-0.1, -0.05) is 25.5 Å². The average Bonchev–Trinajstić information content (AvgIpc) is 2.62. The van der Waals surface area contributed by atoms with Gasteiger partial charge in [0, 0.05) is 13.0 Å².